The van der Waals surface area contributed by atoms with E-state index in [2.05, 4.69) is 0 Å². The molecule has 5 heteroatoms. The minimum Gasteiger partial charge on any atom is -0.465 e. The van der Waals surface area contributed by atoms with Gasteiger partial charge < -0.3 is 9.64 Å². The average molecular weight is 238 g/mol. The molecule has 0 radical (unpaired) electrons. The van der Waals surface area contributed by atoms with Crippen molar-refractivity contribution in [2.45, 2.75) is 19.5 Å². The van der Waals surface area contributed by atoms with Crippen molar-refractivity contribution < 1.29 is 14.3 Å². The summed E-state index contributed by atoms with van der Waals surface area (Å²) in [7, 11) is 1.94. The van der Waals surface area contributed by atoms with E-state index in [9.17, 15) is 9.59 Å². The van der Waals surface area contributed by atoms with Crippen LogP contribution in [0.4, 0.5) is 0 Å². The first-order chi connectivity index (χ1) is 8.15. The standard InChI is InChI=1S/C12H18N2O3/c1-3-17-12(16)9-5-6-10(15)14-8-4-7-13(2)11(9)14/h5-6,9,11H,3-4,7-8H2,1-2H3/t9-,11+/m1/s1. The summed E-state index contributed by atoms with van der Waals surface area (Å²) in [5.74, 6) is -0.625. The summed E-state index contributed by atoms with van der Waals surface area (Å²) in [6.07, 6.45) is 3.92. The Morgan fingerprint density at radius 2 is 2.29 bits per heavy atom. The van der Waals surface area contributed by atoms with Crippen molar-refractivity contribution in [2.24, 2.45) is 5.92 Å². The van der Waals surface area contributed by atoms with Gasteiger partial charge in [0.25, 0.3) is 0 Å². The summed E-state index contributed by atoms with van der Waals surface area (Å²) in [4.78, 5) is 27.4. The van der Waals surface area contributed by atoms with Crippen LogP contribution in [0.15, 0.2) is 12.2 Å². The van der Waals surface area contributed by atoms with E-state index in [4.69, 9.17) is 4.74 Å². The lowest BCUT2D eigenvalue weighted by molar-refractivity contribution is -0.156. The van der Waals surface area contributed by atoms with Gasteiger partial charge in [0.15, 0.2) is 0 Å². The molecule has 2 aliphatic heterocycles. The molecular weight excluding hydrogens is 220 g/mol. The van der Waals surface area contributed by atoms with Crippen LogP contribution in [0.3, 0.4) is 0 Å². The van der Waals surface area contributed by atoms with Crippen LogP contribution in [0, 0.1) is 5.92 Å². The van der Waals surface area contributed by atoms with Crippen LogP contribution in [-0.2, 0) is 14.3 Å². The van der Waals surface area contributed by atoms with Crippen LogP contribution < -0.4 is 0 Å². The third kappa shape index (κ3) is 2.20. The Bertz CT molecular complexity index is 354. The number of hydrogen-bond donors (Lipinski definition) is 0. The quantitative estimate of drug-likeness (QED) is 0.646. The molecule has 0 aromatic carbocycles. The molecule has 5 nitrogen and oxygen atoms in total. The molecule has 0 saturated carbocycles. The molecular formula is C12H18N2O3. The van der Waals surface area contributed by atoms with E-state index in [1.54, 1.807) is 17.9 Å². The highest BCUT2D eigenvalue weighted by Gasteiger charge is 2.41. The zero-order valence-electron chi connectivity index (χ0n) is 10.3. The topological polar surface area (TPSA) is 49.9 Å². The first-order valence-electron chi connectivity index (χ1n) is 6.01. The van der Waals surface area contributed by atoms with Crippen molar-refractivity contribution in [3.63, 3.8) is 0 Å². The summed E-state index contributed by atoms with van der Waals surface area (Å²) in [5, 5.41) is 0. The fraction of sp³-hybridized carbons (Fsp3) is 0.667. The molecule has 0 aromatic rings. The molecule has 2 aliphatic rings. The fourth-order valence-electron chi connectivity index (χ4n) is 2.52. The van der Waals surface area contributed by atoms with Gasteiger partial charge in [-0.2, -0.15) is 0 Å². The minimum absolute atomic E-state index is 0.0119. The highest BCUT2D eigenvalue weighted by atomic mass is 16.5. The van der Waals surface area contributed by atoms with E-state index in [1.165, 1.54) is 6.08 Å². The van der Waals surface area contributed by atoms with E-state index in [-0.39, 0.29) is 24.0 Å². The maximum atomic E-state index is 11.9. The second-order valence-electron chi connectivity index (χ2n) is 4.42. The number of esters is 1. The van der Waals surface area contributed by atoms with Gasteiger partial charge in [0.2, 0.25) is 5.91 Å². The van der Waals surface area contributed by atoms with Gasteiger partial charge in [0.1, 0.15) is 12.1 Å². The molecule has 1 saturated heterocycles. The summed E-state index contributed by atoms with van der Waals surface area (Å²) in [6.45, 7) is 3.78. The summed E-state index contributed by atoms with van der Waals surface area (Å²) in [6, 6.07) is 0. The Labute approximate surface area is 101 Å². The molecule has 0 unspecified atom stereocenters. The van der Waals surface area contributed by atoms with Crippen LogP contribution in [0.1, 0.15) is 13.3 Å². The fourth-order valence-corrected chi connectivity index (χ4v) is 2.52. The van der Waals surface area contributed by atoms with Gasteiger partial charge in [-0.1, -0.05) is 6.08 Å². The lowest BCUT2D eigenvalue weighted by Gasteiger charge is -2.45. The molecule has 0 aromatic heterocycles. The molecule has 2 heterocycles. The SMILES string of the molecule is CCOC(=O)[C@@H]1C=CC(=O)N2CCCN(C)[C@H]12. The number of amides is 1. The van der Waals surface area contributed by atoms with Crippen LogP contribution in [0.2, 0.25) is 0 Å². The molecule has 0 bridgehead atoms. The normalized spacial score (nSPS) is 29.1. The van der Waals surface area contributed by atoms with Gasteiger partial charge in [-0.05, 0) is 20.4 Å². The van der Waals surface area contributed by atoms with Gasteiger partial charge in [0.05, 0.1) is 6.61 Å². The molecule has 2 atom stereocenters. The molecule has 0 spiro atoms. The molecule has 2 rings (SSSR count). The number of carbonyl (C=O) groups excluding carboxylic acids is 2. The van der Waals surface area contributed by atoms with Gasteiger partial charge >= 0.3 is 5.97 Å². The van der Waals surface area contributed by atoms with E-state index in [1.807, 2.05) is 11.9 Å². The average Bonchev–Trinajstić information content (AvgIpc) is 2.31. The van der Waals surface area contributed by atoms with Crippen molar-refractivity contribution in [3.8, 4) is 0 Å². The summed E-state index contributed by atoms with van der Waals surface area (Å²) < 4.78 is 5.06. The van der Waals surface area contributed by atoms with Gasteiger partial charge in [-0.3, -0.25) is 14.5 Å². The van der Waals surface area contributed by atoms with Crippen molar-refractivity contribution in [1.29, 1.82) is 0 Å². The van der Waals surface area contributed by atoms with E-state index >= 15 is 0 Å². The van der Waals surface area contributed by atoms with E-state index < -0.39 is 0 Å². The van der Waals surface area contributed by atoms with Crippen molar-refractivity contribution in [1.82, 2.24) is 9.80 Å². The number of ether oxygens (including phenoxy) is 1. The lowest BCUT2D eigenvalue weighted by Crippen LogP contribution is -2.60. The van der Waals surface area contributed by atoms with E-state index in [0.29, 0.717) is 13.2 Å². The van der Waals surface area contributed by atoms with Gasteiger partial charge in [-0.15, -0.1) is 0 Å². The Balaban J connectivity index is 2.23. The van der Waals surface area contributed by atoms with Crippen molar-refractivity contribution in [2.75, 3.05) is 26.7 Å². The minimum atomic E-state index is -0.363. The summed E-state index contributed by atoms with van der Waals surface area (Å²) in [5.41, 5.74) is 0. The van der Waals surface area contributed by atoms with Gasteiger partial charge in [-0.25, -0.2) is 0 Å². The third-order valence-corrected chi connectivity index (χ3v) is 3.29. The van der Waals surface area contributed by atoms with Gasteiger partial charge in [0, 0.05) is 19.2 Å². The molecule has 0 aliphatic carbocycles. The zero-order chi connectivity index (χ0) is 12.4. The Morgan fingerprint density at radius 1 is 1.53 bits per heavy atom. The Hall–Kier alpha value is -1.36. The Morgan fingerprint density at radius 3 is 3.00 bits per heavy atom. The number of hydrogen-bond acceptors (Lipinski definition) is 4. The smallest absolute Gasteiger partial charge is 0.316 e. The van der Waals surface area contributed by atoms with Crippen LogP contribution in [0.5, 0.6) is 0 Å². The highest BCUT2D eigenvalue weighted by Crippen LogP contribution is 2.26. The molecule has 0 N–H and O–H groups in total. The number of nitrogens with zero attached hydrogens (tertiary/aromatic N) is 2. The molecule has 94 valence electrons. The summed E-state index contributed by atoms with van der Waals surface area (Å²) >= 11 is 0. The zero-order valence-corrected chi connectivity index (χ0v) is 10.3. The highest BCUT2D eigenvalue weighted by molar-refractivity contribution is 5.91. The predicted octanol–water partition coefficient (Wildman–Crippen LogP) is 0.226. The maximum Gasteiger partial charge on any atom is 0.316 e. The molecule has 17 heavy (non-hydrogen) atoms. The largest absolute Gasteiger partial charge is 0.465 e. The Kier molecular flexibility index (Phi) is 3.47. The predicted molar refractivity (Wildman–Crippen MR) is 62.0 cm³/mol. The van der Waals surface area contributed by atoms with Crippen LogP contribution in [0.25, 0.3) is 0 Å². The van der Waals surface area contributed by atoms with Crippen molar-refractivity contribution >= 4 is 11.9 Å². The van der Waals surface area contributed by atoms with Crippen LogP contribution in [-0.4, -0.2) is 54.6 Å². The second kappa shape index (κ2) is 4.87. The first-order valence-corrected chi connectivity index (χ1v) is 6.01. The third-order valence-electron chi connectivity index (χ3n) is 3.29. The van der Waals surface area contributed by atoms with E-state index in [0.717, 1.165) is 13.0 Å². The monoisotopic (exact) mass is 238 g/mol. The van der Waals surface area contributed by atoms with Crippen LogP contribution >= 0.6 is 0 Å². The molecule has 1 fully saturated rings. The maximum absolute atomic E-state index is 11.9. The first kappa shape index (κ1) is 12.1. The number of carbonyl (C=O) groups is 2. The lowest BCUT2D eigenvalue weighted by atomic mass is 9.97. The second-order valence-corrected chi connectivity index (χ2v) is 4.42. The molecule has 1 amide bonds. The van der Waals surface area contributed by atoms with Crippen molar-refractivity contribution in [3.05, 3.63) is 12.2 Å². The number of fused-ring (bicyclic) bond motifs is 1. The number of rotatable bonds is 2.